The van der Waals surface area contributed by atoms with Crippen LogP contribution in [-0.2, 0) is 4.79 Å². The lowest BCUT2D eigenvalue weighted by Crippen LogP contribution is -2.29. The summed E-state index contributed by atoms with van der Waals surface area (Å²) in [6.45, 7) is 1.70. The molecule has 1 heterocycles. The topological polar surface area (TPSA) is 100 Å². The summed E-state index contributed by atoms with van der Waals surface area (Å²) in [5, 5.41) is 19.1. The third-order valence-corrected chi connectivity index (χ3v) is 2.91. The molecule has 0 aliphatic rings. The van der Waals surface area contributed by atoms with Gasteiger partial charge in [0, 0.05) is 19.9 Å². The first-order valence-electron chi connectivity index (χ1n) is 4.81. The highest BCUT2D eigenvalue weighted by atomic mass is 32.1. The summed E-state index contributed by atoms with van der Waals surface area (Å²) in [6, 6.07) is 1.97. The van der Waals surface area contributed by atoms with E-state index in [2.05, 4.69) is 4.98 Å². The van der Waals surface area contributed by atoms with Crippen LogP contribution in [0.5, 0.6) is 0 Å². The van der Waals surface area contributed by atoms with Crippen molar-refractivity contribution in [3.05, 3.63) is 16.3 Å². The minimum Gasteiger partial charge on any atom is -0.288 e. The Morgan fingerprint density at radius 1 is 1.76 bits per heavy atom. The molecule has 17 heavy (non-hydrogen) atoms. The third kappa shape index (κ3) is 3.49. The molecule has 1 aromatic rings. The van der Waals surface area contributed by atoms with E-state index in [4.69, 9.17) is 5.26 Å². The van der Waals surface area contributed by atoms with Gasteiger partial charge in [-0.25, -0.2) is 4.98 Å². The summed E-state index contributed by atoms with van der Waals surface area (Å²) in [4.78, 5) is 26.5. The second-order valence-corrected chi connectivity index (χ2v) is 4.16. The van der Waals surface area contributed by atoms with Gasteiger partial charge in [0.1, 0.15) is 6.20 Å². The Morgan fingerprint density at radius 2 is 2.47 bits per heavy atom. The number of nitriles is 1. The minimum atomic E-state index is -0.547. The maximum absolute atomic E-state index is 11.4. The van der Waals surface area contributed by atoms with Crippen molar-refractivity contribution in [2.75, 3.05) is 11.4 Å². The van der Waals surface area contributed by atoms with Crippen molar-refractivity contribution in [2.24, 2.45) is 0 Å². The van der Waals surface area contributed by atoms with Crippen molar-refractivity contribution in [3.63, 3.8) is 0 Å². The highest BCUT2D eigenvalue weighted by Gasteiger charge is 2.19. The highest BCUT2D eigenvalue weighted by Crippen LogP contribution is 2.28. The van der Waals surface area contributed by atoms with Crippen molar-refractivity contribution in [1.82, 2.24) is 4.98 Å². The summed E-state index contributed by atoms with van der Waals surface area (Å²) < 4.78 is 0. The molecule has 0 bridgehead atoms. The molecule has 0 fully saturated rings. The van der Waals surface area contributed by atoms with E-state index in [1.54, 1.807) is 0 Å². The van der Waals surface area contributed by atoms with E-state index >= 15 is 0 Å². The molecule has 0 saturated carbocycles. The number of aromatic nitrogens is 1. The summed E-state index contributed by atoms with van der Waals surface area (Å²) in [5.41, 5.74) is 0. The summed E-state index contributed by atoms with van der Waals surface area (Å²) in [7, 11) is 0. The molecule has 0 aromatic carbocycles. The Kier molecular flexibility index (Phi) is 4.54. The first kappa shape index (κ1) is 13.1. The van der Waals surface area contributed by atoms with E-state index in [0.29, 0.717) is 24.5 Å². The number of rotatable bonds is 5. The van der Waals surface area contributed by atoms with Crippen LogP contribution in [0.2, 0.25) is 0 Å². The molecule has 0 aliphatic carbocycles. The SMILES string of the molecule is CC(=O)N(CCCC#N)c1ncc([N+](=O)[O-])s1. The number of anilines is 1. The molecule has 0 aliphatic heterocycles. The van der Waals surface area contributed by atoms with E-state index in [1.807, 2.05) is 6.07 Å². The first-order chi connectivity index (χ1) is 8.06. The highest BCUT2D eigenvalue weighted by molar-refractivity contribution is 7.18. The Hall–Kier alpha value is -2.01. The van der Waals surface area contributed by atoms with Gasteiger partial charge in [-0.2, -0.15) is 5.26 Å². The van der Waals surface area contributed by atoms with Crippen LogP contribution in [0.1, 0.15) is 19.8 Å². The molecule has 0 N–H and O–H groups in total. The van der Waals surface area contributed by atoms with E-state index in [0.717, 1.165) is 17.5 Å². The van der Waals surface area contributed by atoms with Gasteiger partial charge >= 0.3 is 5.00 Å². The average molecular weight is 254 g/mol. The molecule has 1 amide bonds. The molecule has 1 rings (SSSR count). The van der Waals surface area contributed by atoms with Crippen LogP contribution in [0, 0.1) is 21.4 Å². The second-order valence-electron chi connectivity index (χ2n) is 3.17. The molecule has 0 saturated heterocycles. The summed E-state index contributed by atoms with van der Waals surface area (Å²) >= 11 is 0.847. The predicted octanol–water partition coefficient (Wildman–Crippen LogP) is 1.71. The quantitative estimate of drug-likeness (QED) is 0.452. The van der Waals surface area contributed by atoms with E-state index in [1.165, 1.54) is 11.8 Å². The number of carbonyl (C=O) groups is 1. The zero-order valence-electron chi connectivity index (χ0n) is 9.12. The smallest absolute Gasteiger partial charge is 0.288 e. The molecule has 0 radical (unpaired) electrons. The van der Waals surface area contributed by atoms with Crippen LogP contribution < -0.4 is 4.90 Å². The fraction of sp³-hybridized carbons (Fsp3) is 0.444. The van der Waals surface area contributed by atoms with Crippen molar-refractivity contribution < 1.29 is 9.72 Å². The molecular weight excluding hydrogens is 244 g/mol. The van der Waals surface area contributed by atoms with Crippen LogP contribution in [0.4, 0.5) is 10.1 Å². The molecule has 8 heteroatoms. The van der Waals surface area contributed by atoms with Crippen LogP contribution in [0.25, 0.3) is 0 Å². The lowest BCUT2D eigenvalue weighted by molar-refractivity contribution is -0.380. The number of carbonyl (C=O) groups excluding carboxylic acids is 1. The van der Waals surface area contributed by atoms with Gasteiger partial charge in [-0.3, -0.25) is 19.8 Å². The van der Waals surface area contributed by atoms with Gasteiger partial charge < -0.3 is 0 Å². The van der Waals surface area contributed by atoms with Gasteiger partial charge in [0.25, 0.3) is 0 Å². The van der Waals surface area contributed by atoms with E-state index in [9.17, 15) is 14.9 Å². The molecule has 0 atom stereocenters. The number of hydrogen-bond acceptors (Lipinski definition) is 6. The lowest BCUT2D eigenvalue weighted by Gasteiger charge is -2.16. The maximum Gasteiger partial charge on any atom is 0.345 e. The second kappa shape index (κ2) is 5.91. The molecule has 0 spiro atoms. The van der Waals surface area contributed by atoms with Crippen molar-refractivity contribution in [1.29, 1.82) is 5.26 Å². The van der Waals surface area contributed by atoms with Gasteiger partial charge in [0.15, 0.2) is 5.13 Å². The summed E-state index contributed by atoms with van der Waals surface area (Å²) in [5.74, 6) is -0.243. The summed E-state index contributed by atoms with van der Waals surface area (Å²) in [6.07, 6.45) is 1.97. The Bertz CT molecular complexity index is 465. The van der Waals surface area contributed by atoms with Crippen molar-refractivity contribution in [2.45, 2.75) is 19.8 Å². The maximum atomic E-state index is 11.4. The van der Waals surface area contributed by atoms with Crippen LogP contribution in [-0.4, -0.2) is 22.4 Å². The molecular formula is C9H10N4O3S. The Labute approximate surface area is 101 Å². The number of unbranched alkanes of at least 4 members (excludes halogenated alkanes) is 1. The first-order valence-corrected chi connectivity index (χ1v) is 5.63. The van der Waals surface area contributed by atoms with Gasteiger partial charge in [-0.1, -0.05) is 0 Å². The number of hydrogen-bond donors (Lipinski definition) is 0. The normalized spacial score (nSPS) is 9.65. The molecule has 1 aromatic heterocycles. The Morgan fingerprint density at radius 3 is 2.94 bits per heavy atom. The number of amides is 1. The number of nitrogens with zero attached hydrogens (tertiary/aromatic N) is 4. The largest absolute Gasteiger partial charge is 0.345 e. The van der Waals surface area contributed by atoms with Crippen LogP contribution in [0.3, 0.4) is 0 Å². The van der Waals surface area contributed by atoms with Crippen molar-refractivity contribution >= 4 is 27.4 Å². The Balaban J connectivity index is 2.79. The number of thiazole rings is 1. The van der Waals surface area contributed by atoms with Crippen molar-refractivity contribution in [3.8, 4) is 6.07 Å². The molecule has 90 valence electrons. The molecule has 0 unspecified atom stereocenters. The van der Waals surface area contributed by atoms with Crippen LogP contribution >= 0.6 is 11.3 Å². The van der Waals surface area contributed by atoms with Gasteiger partial charge in [-0.15, -0.1) is 0 Å². The lowest BCUT2D eigenvalue weighted by atomic mass is 10.3. The fourth-order valence-electron chi connectivity index (χ4n) is 1.17. The fourth-order valence-corrected chi connectivity index (χ4v) is 1.97. The monoisotopic (exact) mass is 254 g/mol. The van der Waals surface area contributed by atoms with E-state index in [-0.39, 0.29) is 10.9 Å². The zero-order valence-corrected chi connectivity index (χ0v) is 9.94. The average Bonchev–Trinajstić information content (AvgIpc) is 2.73. The van der Waals surface area contributed by atoms with Gasteiger partial charge in [-0.05, 0) is 17.8 Å². The van der Waals surface area contributed by atoms with Gasteiger partial charge in [0.05, 0.1) is 11.0 Å². The molecule has 7 nitrogen and oxygen atoms in total. The zero-order chi connectivity index (χ0) is 12.8. The van der Waals surface area contributed by atoms with Gasteiger partial charge in [0.2, 0.25) is 5.91 Å². The number of nitro groups is 1. The standard InChI is InChI=1S/C9H10N4O3S/c1-7(14)12(5-3-2-4-10)9-11-6-8(17-9)13(15)16/h6H,2-3,5H2,1H3. The third-order valence-electron chi connectivity index (χ3n) is 1.94. The predicted molar refractivity (Wildman–Crippen MR) is 61.6 cm³/mol. The minimum absolute atomic E-state index is 0.105. The van der Waals surface area contributed by atoms with E-state index < -0.39 is 4.92 Å². The van der Waals surface area contributed by atoms with Crippen LogP contribution in [0.15, 0.2) is 6.20 Å².